The van der Waals surface area contributed by atoms with Crippen LogP contribution in [0.4, 0.5) is 0 Å². The number of thiophene rings is 1. The van der Waals surface area contributed by atoms with Gasteiger partial charge in [-0.3, -0.25) is 0 Å². The highest BCUT2D eigenvalue weighted by Crippen LogP contribution is 2.13. The lowest BCUT2D eigenvalue weighted by molar-refractivity contribution is 0.293. The lowest BCUT2D eigenvalue weighted by Crippen LogP contribution is -2.38. The first-order chi connectivity index (χ1) is 13.8. The minimum Gasteiger partial charge on any atom is -0.473 e. The maximum atomic E-state index is 5.80. The van der Waals surface area contributed by atoms with Crippen LogP contribution in [0.3, 0.4) is 0 Å². The molecule has 1 aromatic carbocycles. The van der Waals surface area contributed by atoms with Gasteiger partial charge < -0.3 is 15.4 Å². The minimum atomic E-state index is 0. The summed E-state index contributed by atoms with van der Waals surface area (Å²) in [5.41, 5.74) is 2.19. The number of ether oxygens (including phenoxy) is 1. The van der Waals surface area contributed by atoms with Gasteiger partial charge in [0.15, 0.2) is 5.96 Å². The van der Waals surface area contributed by atoms with Crippen LogP contribution >= 0.6 is 35.3 Å². The molecular weight excluding hydrogens is 495 g/mol. The molecule has 3 aromatic rings. The van der Waals surface area contributed by atoms with E-state index in [-0.39, 0.29) is 24.0 Å². The second-order valence-electron chi connectivity index (χ2n) is 6.23. The molecule has 29 heavy (non-hydrogen) atoms. The van der Waals surface area contributed by atoms with Crippen molar-refractivity contribution < 1.29 is 4.74 Å². The smallest absolute Gasteiger partial charge is 0.213 e. The Kier molecular flexibility index (Phi) is 10.5. The Balaban J connectivity index is 0.00000300. The molecule has 0 atom stereocenters. The number of hydrogen-bond donors (Lipinski definition) is 2. The molecule has 2 aromatic heterocycles. The van der Waals surface area contributed by atoms with Crippen molar-refractivity contribution in [3.63, 3.8) is 0 Å². The second-order valence-corrected chi connectivity index (χ2v) is 7.26. The van der Waals surface area contributed by atoms with Crippen LogP contribution in [-0.4, -0.2) is 24.0 Å². The van der Waals surface area contributed by atoms with Crippen molar-refractivity contribution in [1.29, 1.82) is 0 Å². The molecule has 2 N–H and O–H groups in total. The largest absolute Gasteiger partial charge is 0.473 e. The van der Waals surface area contributed by atoms with Crippen LogP contribution in [0.25, 0.3) is 0 Å². The van der Waals surface area contributed by atoms with Gasteiger partial charge in [0, 0.05) is 30.2 Å². The maximum absolute atomic E-state index is 5.80. The first-order valence-electron chi connectivity index (χ1n) is 9.49. The van der Waals surface area contributed by atoms with Gasteiger partial charge in [-0.2, -0.15) is 0 Å². The highest BCUT2D eigenvalue weighted by Gasteiger charge is 2.02. The van der Waals surface area contributed by atoms with Crippen molar-refractivity contribution in [2.45, 2.75) is 26.5 Å². The summed E-state index contributed by atoms with van der Waals surface area (Å²) in [7, 11) is 0. The van der Waals surface area contributed by atoms with Crippen molar-refractivity contribution >= 4 is 41.3 Å². The third-order valence-corrected chi connectivity index (χ3v) is 4.97. The SMILES string of the molecule is CCNC(=NCc1ccnc(OCc2ccccc2)c1)NCCc1cccs1.I. The van der Waals surface area contributed by atoms with E-state index >= 15 is 0 Å². The van der Waals surface area contributed by atoms with E-state index in [4.69, 9.17) is 4.74 Å². The molecule has 0 saturated heterocycles. The monoisotopic (exact) mass is 522 g/mol. The van der Waals surface area contributed by atoms with E-state index in [0.29, 0.717) is 19.0 Å². The molecule has 0 aliphatic heterocycles. The zero-order valence-electron chi connectivity index (χ0n) is 16.5. The van der Waals surface area contributed by atoms with Crippen molar-refractivity contribution in [2.75, 3.05) is 13.1 Å². The maximum Gasteiger partial charge on any atom is 0.213 e. The van der Waals surface area contributed by atoms with Gasteiger partial charge in [0.25, 0.3) is 0 Å². The molecule has 5 nitrogen and oxygen atoms in total. The summed E-state index contributed by atoms with van der Waals surface area (Å²) < 4.78 is 5.80. The van der Waals surface area contributed by atoms with E-state index in [1.165, 1.54) is 4.88 Å². The van der Waals surface area contributed by atoms with Gasteiger partial charge in [-0.15, -0.1) is 35.3 Å². The van der Waals surface area contributed by atoms with Gasteiger partial charge in [0.2, 0.25) is 5.88 Å². The van der Waals surface area contributed by atoms with E-state index in [9.17, 15) is 0 Å². The Morgan fingerprint density at radius 2 is 1.93 bits per heavy atom. The number of guanidine groups is 1. The zero-order chi connectivity index (χ0) is 19.4. The summed E-state index contributed by atoms with van der Waals surface area (Å²) in [5.74, 6) is 1.44. The van der Waals surface area contributed by atoms with Crippen LogP contribution < -0.4 is 15.4 Å². The molecular formula is C22H27IN4OS. The van der Waals surface area contributed by atoms with Crippen molar-refractivity contribution in [3.05, 3.63) is 82.2 Å². The Morgan fingerprint density at radius 3 is 2.69 bits per heavy atom. The van der Waals surface area contributed by atoms with Crippen molar-refractivity contribution in [2.24, 2.45) is 4.99 Å². The van der Waals surface area contributed by atoms with Gasteiger partial charge in [-0.05, 0) is 42.0 Å². The van der Waals surface area contributed by atoms with Gasteiger partial charge >= 0.3 is 0 Å². The minimum absolute atomic E-state index is 0. The lowest BCUT2D eigenvalue weighted by Gasteiger charge is -2.11. The molecule has 0 fully saturated rings. The fourth-order valence-electron chi connectivity index (χ4n) is 2.63. The summed E-state index contributed by atoms with van der Waals surface area (Å²) in [5, 5.41) is 8.79. The normalized spacial score (nSPS) is 10.9. The van der Waals surface area contributed by atoms with Crippen molar-refractivity contribution in [1.82, 2.24) is 15.6 Å². The fraction of sp³-hybridized carbons (Fsp3) is 0.273. The Labute approximate surface area is 193 Å². The quantitative estimate of drug-likeness (QED) is 0.244. The first-order valence-corrected chi connectivity index (χ1v) is 10.4. The van der Waals surface area contributed by atoms with Crippen LogP contribution in [0.1, 0.15) is 22.9 Å². The number of halogens is 1. The number of aliphatic imine (C=N–C) groups is 1. The van der Waals surface area contributed by atoms with E-state index in [1.807, 2.05) is 42.5 Å². The number of aromatic nitrogens is 1. The molecule has 0 amide bonds. The second kappa shape index (κ2) is 13.2. The predicted molar refractivity (Wildman–Crippen MR) is 131 cm³/mol. The van der Waals surface area contributed by atoms with Crippen LogP contribution in [-0.2, 0) is 19.6 Å². The predicted octanol–water partition coefficient (Wildman–Crippen LogP) is 4.64. The molecule has 154 valence electrons. The third-order valence-electron chi connectivity index (χ3n) is 4.04. The number of benzene rings is 1. The standard InChI is InChI=1S/C22H26N4OS.HI/c1-2-23-22(25-13-11-20-9-6-14-28-20)26-16-19-10-12-24-21(15-19)27-17-18-7-4-3-5-8-18;/h3-10,12,14-15H,2,11,13,16-17H2,1H3,(H2,23,25,26);1H. The Bertz CT molecular complexity index is 856. The van der Waals surface area contributed by atoms with Gasteiger partial charge in [-0.1, -0.05) is 36.4 Å². The van der Waals surface area contributed by atoms with E-state index in [0.717, 1.165) is 36.6 Å². The number of nitrogens with one attached hydrogen (secondary N) is 2. The number of rotatable bonds is 9. The number of nitrogens with zero attached hydrogens (tertiary/aromatic N) is 2. The highest BCUT2D eigenvalue weighted by atomic mass is 127. The number of pyridine rings is 1. The average Bonchev–Trinajstić information content (AvgIpc) is 3.25. The molecule has 0 unspecified atom stereocenters. The van der Waals surface area contributed by atoms with E-state index < -0.39 is 0 Å². The Hall–Kier alpha value is -2.13. The fourth-order valence-corrected chi connectivity index (χ4v) is 3.34. The molecule has 0 aliphatic carbocycles. The summed E-state index contributed by atoms with van der Waals surface area (Å²) >= 11 is 1.78. The molecule has 0 bridgehead atoms. The van der Waals surface area contributed by atoms with Gasteiger partial charge in [0.05, 0.1) is 6.54 Å². The average molecular weight is 522 g/mol. The third kappa shape index (κ3) is 8.41. The molecule has 0 aliphatic rings. The summed E-state index contributed by atoms with van der Waals surface area (Å²) in [4.78, 5) is 10.3. The molecule has 0 saturated carbocycles. The molecule has 0 spiro atoms. The molecule has 2 heterocycles. The molecule has 3 rings (SSSR count). The first kappa shape index (κ1) is 23.2. The van der Waals surface area contributed by atoms with Crippen LogP contribution in [0.15, 0.2) is 71.2 Å². The van der Waals surface area contributed by atoms with Crippen LogP contribution in [0.2, 0.25) is 0 Å². The topological polar surface area (TPSA) is 58.5 Å². The van der Waals surface area contributed by atoms with E-state index in [1.54, 1.807) is 17.5 Å². The summed E-state index contributed by atoms with van der Waals surface area (Å²) in [6.07, 6.45) is 2.76. The summed E-state index contributed by atoms with van der Waals surface area (Å²) in [6.45, 7) is 4.82. The molecule has 0 radical (unpaired) electrons. The van der Waals surface area contributed by atoms with Gasteiger partial charge in [0.1, 0.15) is 6.61 Å². The summed E-state index contributed by atoms with van der Waals surface area (Å²) in [6, 6.07) is 18.2. The number of hydrogen-bond acceptors (Lipinski definition) is 4. The van der Waals surface area contributed by atoms with Crippen LogP contribution in [0, 0.1) is 0 Å². The Morgan fingerprint density at radius 1 is 1.07 bits per heavy atom. The van der Waals surface area contributed by atoms with Gasteiger partial charge in [-0.25, -0.2) is 9.98 Å². The van der Waals surface area contributed by atoms with Crippen LogP contribution in [0.5, 0.6) is 5.88 Å². The highest BCUT2D eigenvalue weighted by molar-refractivity contribution is 14.0. The lowest BCUT2D eigenvalue weighted by atomic mass is 10.2. The van der Waals surface area contributed by atoms with Crippen molar-refractivity contribution in [3.8, 4) is 5.88 Å². The van der Waals surface area contributed by atoms with E-state index in [2.05, 4.69) is 45.0 Å². The zero-order valence-corrected chi connectivity index (χ0v) is 19.7. The molecule has 7 heteroatoms.